The zero-order valence-electron chi connectivity index (χ0n) is 20.9. The molecule has 4 aromatic rings. The van der Waals surface area contributed by atoms with Gasteiger partial charge in [-0.25, -0.2) is 4.98 Å². The fourth-order valence-corrected chi connectivity index (χ4v) is 3.83. The fraction of sp³-hybridized carbons (Fsp3) is 0.296. The first-order chi connectivity index (χ1) is 17.3. The summed E-state index contributed by atoms with van der Waals surface area (Å²) in [6.45, 7) is 4.80. The summed E-state index contributed by atoms with van der Waals surface area (Å²) < 4.78 is 12.2. The molecule has 3 N–H and O–H groups in total. The quantitative estimate of drug-likeness (QED) is 0.289. The van der Waals surface area contributed by atoms with Crippen LogP contribution in [0.15, 0.2) is 61.1 Å². The molecule has 36 heavy (non-hydrogen) atoms. The highest BCUT2D eigenvalue weighted by Gasteiger charge is 2.15. The minimum Gasteiger partial charge on any atom is -0.495 e. The third-order valence-electron chi connectivity index (χ3n) is 5.56. The van der Waals surface area contributed by atoms with Crippen molar-refractivity contribution >= 4 is 28.2 Å². The average molecular weight is 490 g/mol. The van der Waals surface area contributed by atoms with Crippen molar-refractivity contribution in [2.24, 2.45) is 0 Å². The number of carbonyl (C=O) groups excluding carboxylic acids is 1. The Hall–Kier alpha value is -3.95. The number of hydrogen-bond donors (Lipinski definition) is 3. The van der Waals surface area contributed by atoms with Crippen molar-refractivity contribution in [3.8, 4) is 16.9 Å². The Balaban J connectivity index is 1.55. The number of fused-ring (bicyclic) bond motifs is 1. The van der Waals surface area contributed by atoms with E-state index < -0.39 is 5.60 Å². The first-order valence-electron chi connectivity index (χ1n) is 11.6. The molecule has 2 aromatic heterocycles. The summed E-state index contributed by atoms with van der Waals surface area (Å²) in [4.78, 5) is 16.9. The molecule has 188 valence electrons. The Morgan fingerprint density at radius 2 is 1.89 bits per heavy atom. The molecule has 0 saturated carbocycles. The number of anilines is 2. The summed E-state index contributed by atoms with van der Waals surface area (Å²) in [5, 5.41) is 22.5. The topological polar surface area (TPSA) is 111 Å². The molecule has 4 rings (SSSR count). The summed E-state index contributed by atoms with van der Waals surface area (Å²) in [6.07, 6.45) is 5.53. The zero-order valence-corrected chi connectivity index (χ0v) is 20.9. The highest BCUT2D eigenvalue weighted by Crippen LogP contribution is 2.30. The maximum absolute atomic E-state index is 12.3. The van der Waals surface area contributed by atoms with Crippen molar-refractivity contribution in [1.82, 2.24) is 20.1 Å². The Labute approximate surface area is 210 Å². The van der Waals surface area contributed by atoms with Gasteiger partial charge in [0.2, 0.25) is 0 Å². The van der Waals surface area contributed by atoms with Crippen LogP contribution in [0.4, 0.5) is 11.5 Å². The number of aromatic nitrogens is 3. The molecule has 2 heterocycles. The third kappa shape index (κ3) is 6.18. The van der Waals surface area contributed by atoms with Crippen molar-refractivity contribution < 1.29 is 19.4 Å². The highest BCUT2D eigenvalue weighted by atomic mass is 16.5. The predicted molar refractivity (Wildman–Crippen MR) is 140 cm³/mol. The molecule has 1 amide bonds. The van der Waals surface area contributed by atoms with Crippen LogP contribution >= 0.6 is 0 Å². The van der Waals surface area contributed by atoms with E-state index in [0.29, 0.717) is 42.5 Å². The second-order valence-electron chi connectivity index (χ2n) is 9.16. The van der Waals surface area contributed by atoms with E-state index in [2.05, 4.69) is 26.8 Å². The van der Waals surface area contributed by atoms with Gasteiger partial charge in [0.15, 0.2) is 0 Å². The monoisotopic (exact) mass is 489 g/mol. The lowest BCUT2D eigenvalue weighted by atomic mass is 10.0. The standard InChI is InChI=1S/C27H31N5O4/c1-27(2,34)17-32-16-22(15-30-32)18-5-6-20-14-29-25(13-21(20)11-18)31-23-8-7-19(12-24(23)36-4)26(33)28-9-10-35-3/h5-8,11-16,34H,9-10,17H2,1-4H3,(H,28,33)(H,29,31). The fourth-order valence-electron chi connectivity index (χ4n) is 3.83. The number of nitrogens with one attached hydrogen (secondary N) is 2. The van der Waals surface area contributed by atoms with E-state index >= 15 is 0 Å². The van der Waals surface area contributed by atoms with Crippen molar-refractivity contribution in [3.05, 3.63) is 66.6 Å². The number of pyridine rings is 1. The number of aliphatic hydroxyl groups is 1. The molecule has 0 spiro atoms. The Kier molecular flexibility index (Phi) is 7.52. The maximum atomic E-state index is 12.3. The number of hydrogen-bond acceptors (Lipinski definition) is 7. The first-order valence-corrected chi connectivity index (χ1v) is 11.6. The number of benzene rings is 2. The van der Waals surface area contributed by atoms with Crippen LogP contribution in [0.25, 0.3) is 21.9 Å². The van der Waals surface area contributed by atoms with Crippen molar-refractivity contribution in [2.75, 3.05) is 32.7 Å². The summed E-state index contributed by atoms with van der Waals surface area (Å²) in [7, 11) is 3.15. The van der Waals surface area contributed by atoms with Crippen LogP contribution in [0.2, 0.25) is 0 Å². The second-order valence-corrected chi connectivity index (χ2v) is 9.16. The molecule has 0 aliphatic carbocycles. The number of ether oxygens (including phenoxy) is 2. The van der Waals surface area contributed by atoms with Crippen LogP contribution in [0, 0.1) is 0 Å². The molecule has 0 saturated heterocycles. The van der Waals surface area contributed by atoms with Gasteiger partial charge in [0.25, 0.3) is 5.91 Å². The Morgan fingerprint density at radius 1 is 1.06 bits per heavy atom. The Bertz CT molecular complexity index is 1360. The largest absolute Gasteiger partial charge is 0.495 e. The molecule has 9 nitrogen and oxygen atoms in total. The van der Waals surface area contributed by atoms with Gasteiger partial charge in [-0.2, -0.15) is 5.10 Å². The number of carbonyl (C=O) groups is 1. The van der Waals surface area contributed by atoms with Gasteiger partial charge in [0.05, 0.1) is 37.7 Å². The Morgan fingerprint density at radius 3 is 2.64 bits per heavy atom. The zero-order chi connectivity index (χ0) is 25.7. The molecule has 0 atom stereocenters. The minimum atomic E-state index is -0.841. The maximum Gasteiger partial charge on any atom is 0.251 e. The van der Waals surface area contributed by atoms with Crippen LogP contribution < -0.4 is 15.4 Å². The lowest BCUT2D eigenvalue weighted by Gasteiger charge is -2.16. The van der Waals surface area contributed by atoms with Gasteiger partial charge < -0.3 is 25.2 Å². The summed E-state index contributed by atoms with van der Waals surface area (Å²) in [5.74, 6) is 0.983. The van der Waals surface area contributed by atoms with E-state index in [1.807, 2.05) is 30.6 Å². The molecular formula is C27H31N5O4. The number of nitrogens with zero attached hydrogens (tertiary/aromatic N) is 3. The van der Waals surface area contributed by atoms with Crippen LogP contribution in [-0.2, 0) is 11.3 Å². The van der Waals surface area contributed by atoms with Crippen LogP contribution in [0.5, 0.6) is 5.75 Å². The van der Waals surface area contributed by atoms with Crippen LogP contribution in [0.3, 0.4) is 0 Å². The average Bonchev–Trinajstić information content (AvgIpc) is 3.30. The van der Waals surface area contributed by atoms with E-state index in [1.165, 1.54) is 0 Å². The highest BCUT2D eigenvalue weighted by molar-refractivity contribution is 5.95. The van der Waals surface area contributed by atoms with E-state index in [-0.39, 0.29) is 5.91 Å². The van der Waals surface area contributed by atoms with Gasteiger partial charge in [-0.3, -0.25) is 9.48 Å². The summed E-state index contributed by atoms with van der Waals surface area (Å²) in [5.41, 5.74) is 2.33. The number of methoxy groups -OCH3 is 2. The van der Waals surface area contributed by atoms with Gasteiger partial charge in [-0.1, -0.05) is 12.1 Å². The van der Waals surface area contributed by atoms with E-state index in [1.54, 1.807) is 57.1 Å². The summed E-state index contributed by atoms with van der Waals surface area (Å²) in [6, 6.07) is 13.3. The lowest BCUT2D eigenvalue weighted by Crippen LogP contribution is -2.26. The van der Waals surface area contributed by atoms with Gasteiger partial charge in [-0.05, 0) is 55.1 Å². The van der Waals surface area contributed by atoms with E-state index in [4.69, 9.17) is 9.47 Å². The third-order valence-corrected chi connectivity index (χ3v) is 5.56. The molecule has 2 aromatic carbocycles. The normalized spacial score (nSPS) is 11.5. The molecule has 0 bridgehead atoms. The molecule has 0 aliphatic heterocycles. The molecular weight excluding hydrogens is 458 g/mol. The van der Waals surface area contributed by atoms with E-state index in [0.717, 1.165) is 21.9 Å². The lowest BCUT2D eigenvalue weighted by molar-refractivity contribution is 0.0577. The predicted octanol–water partition coefficient (Wildman–Crippen LogP) is 4.00. The van der Waals surface area contributed by atoms with Crippen molar-refractivity contribution in [2.45, 2.75) is 26.0 Å². The number of amides is 1. The van der Waals surface area contributed by atoms with Crippen molar-refractivity contribution in [3.63, 3.8) is 0 Å². The second kappa shape index (κ2) is 10.8. The molecule has 9 heteroatoms. The molecule has 0 aliphatic rings. The number of rotatable bonds is 10. The smallest absolute Gasteiger partial charge is 0.251 e. The van der Waals surface area contributed by atoms with Gasteiger partial charge in [0.1, 0.15) is 11.6 Å². The van der Waals surface area contributed by atoms with Crippen LogP contribution in [-0.4, -0.2) is 58.8 Å². The van der Waals surface area contributed by atoms with Gasteiger partial charge in [0, 0.05) is 42.6 Å². The first kappa shape index (κ1) is 25.2. The van der Waals surface area contributed by atoms with E-state index in [9.17, 15) is 9.90 Å². The van der Waals surface area contributed by atoms with Gasteiger partial charge >= 0.3 is 0 Å². The molecule has 0 fully saturated rings. The molecule has 0 unspecified atom stereocenters. The SMILES string of the molecule is COCCNC(=O)c1ccc(Nc2cc3cc(-c4cnn(CC(C)(C)O)c4)ccc3cn2)c(OC)c1. The minimum absolute atomic E-state index is 0.195. The van der Waals surface area contributed by atoms with Crippen molar-refractivity contribution in [1.29, 1.82) is 0 Å². The molecule has 0 radical (unpaired) electrons. The summed E-state index contributed by atoms with van der Waals surface area (Å²) >= 11 is 0. The van der Waals surface area contributed by atoms with Crippen LogP contribution in [0.1, 0.15) is 24.2 Å². The van der Waals surface area contributed by atoms with Gasteiger partial charge in [-0.15, -0.1) is 0 Å².